The molecular weight excluding hydrogens is 196 g/mol. The van der Waals surface area contributed by atoms with Gasteiger partial charge in [-0.1, -0.05) is 31.4 Å². The van der Waals surface area contributed by atoms with Gasteiger partial charge in [0, 0.05) is 25.8 Å². The molecule has 1 aliphatic carbocycles. The molecule has 0 aliphatic heterocycles. The van der Waals surface area contributed by atoms with Crippen molar-refractivity contribution in [3.8, 4) is 0 Å². The van der Waals surface area contributed by atoms with Crippen LogP contribution in [0.3, 0.4) is 0 Å². The lowest BCUT2D eigenvalue weighted by Crippen LogP contribution is -2.23. The third kappa shape index (κ3) is 2.76. The molecule has 0 saturated heterocycles. The van der Waals surface area contributed by atoms with Crippen LogP contribution in [0.4, 0.5) is 5.69 Å². The summed E-state index contributed by atoms with van der Waals surface area (Å²) in [6, 6.07) is 8.58. The van der Waals surface area contributed by atoms with Crippen LogP contribution in [0.15, 0.2) is 24.3 Å². The highest BCUT2D eigenvalue weighted by atomic mass is 15.1. The molecule has 88 valence electrons. The first-order valence-electron chi connectivity index (χ1n) is 6.29. The van der Waals surface area contributed by atoms with Gasteiger partial charge in [0.05, 0.1) is 0 Å². The van der Waals surface area contributed by atoms with Gasteiger partial charge in [-0.05, 0) is 30.0 Å². The zero-order valence-corrected chi connectivity index (χ0v) is 10.2. The zero-order valence-electron chi connectivity index (χ0n) is 10.2. The molecule has 16 heavy (non-hydrogen) atoms. The Balaban J connectivity index is 1.84. The summed E-state index contributed by atoms with van der Waals surface area (Å²) in [5.74, 6) is 0.991. The van der Waals surface area contributed by atoms with E-state index in [9.17, 15) is 0 Å². The molecule has 2 heteroatoms. The average Bonchev–Trinajstić information content (AvgIpc) is 2.27. The van der Waals surface area contributed by atoms with E-state index in [0.29, 0.717) is 6.54 Å². The van der Waals surface area contributed by atoms with Gasteiger partial charge in [0.1, 0.15) is 0 Å². The van der Waals surface area contributed by atoms with E-state index in [2.05, 4.69) is 36.2 Å². The Morgan fingerprint density at radius 1 is 1.25 bits per heavy atom. The van der Waals surface area contributed by atoms with Crippen LogP contribution in [-0.4, -0.2) is 13.6 Å². The molecule has 1 aromatic carbocycles. The van der Waals surface area contributed by atoms with Crippen LogP contribution in [0.1, 0.15) is 31.2 Å². The van der Waals surface area contributed by atoms with Crippen molar-refractivity contribution in [2.45, 2.75) is 32.2 Å². The maximum Gasteiger partial charge on any atom is 0.0363 e. The average molecular weight is 218 g/mol. The fourth-order valence-corrected chi connectivity index (χ4v) is 2.17. The van der Waals surface area contributed by atoms with Gasteiger partial charge in [0.2, 0.25) is 0 Å². The Bertz CT molecular complexity index is 314. The van der Waals surface area contributed by atoms with Gasteiger partial charge in [-0.3, -0.25) is 0 Å². The third-order valence-corrected chi connectivity index (χ3v) is 3.71. The molecule has 2 N–H and O–H groups in total. The molecule has 0 atom stereocenters. The Morgan fingerprint density at radius 2 is 1.94 bits per heavy atom. The Labute approximate surface area is 98.4 Å². The quantitative estimate of drug-likeness (QED) is 0.823. The van der Waals surface area contributed by atoms with Crippen molar-refractivity contribution in [1.29, 1.82) is 0 Å². The predicted octanol–water partition coefficient (Wildman–Crippen LogP) is 2.77. The number of nitrogens with two attached hydrogens (primary N) is 1. The molecule has 1 aromatic rings. The lowest BCUT2D eigenvalue weighted by atomic mass is 9.83. The van der Waals surface area contributed by atoms with E-state index >= 15 is 0 Å². The fraction of sp³-hybridized carbons (Fsp3) is 0.571. The summed E-state index contributed by atoms with van der Waals surface area (Å²) < 4.78 is 0. The normalized spacial score (nSPS) is 15.9. The lowest BCUT2D eigenvalue weighted by Gasteiger charge is -2.28. The summed E-state index contributed by atoms with van der Waals surface area (Å²) in [5, 5.41) is 0. The number of anilines is 1. The largest absolute Gasteiger partial charge is 0.375 e. The van der Waals surface area contributed by atoms with Crippen molar-refractivity contribution in [2.75, 3.05) is 18.5 Å². The molecule has 1 fully saturated rings. The molecule has 1 aliphatic rings. The van der Waals surface area contributed by atoms with Gasteiger partial charge < -0.3 is 10.6 Å². The molecule has 0 amide bonds. The zero-order chi connectivity index (χ0) is 11.4. The van der Waals surface area contributed by atoms with E-state index in [1.165, 1.54) is 43.5 Å². The molecule has 2 nitrogen and oxygen atoms in total. The summed E-state index contributed by atoms with van der Waals surface area (Å²) in [6.45, 7) is 1.80. The van der Waals surface area contributed by atoms with Gasteiger partial charge in [0.25, 0.3) is 0 Å². The molecule has 0 aromatic heterocycles. The lowest BCUT2D eigenvalue weighted by molar-refractivity contribution is 0.299. The predicted molar refractivity (Wildman–Crippen MR) is 69.6 cm³/mol. The summed E-state index contributed by atoms with van der Waals surface area (Å²) in [6.07, 6.45) is 5.68. The monoisotopic (exact) mass is 218 g/mol. The first-order valence-corrected chi connectivity index (χ1v) is 6.29. The molecule has 0 unspecified atom stereocenters. The minimum atomic E-state index is 0.631. The third-order valence-electron chi connectivity index (χ3n) is 3.71. The number of hydrogen-bond acceptors (Lipinski definition) is 2. The van der Waals surface area contributed by atoms with E-state index in [0.717, 1.165) is 5.92 Å². The van der Waals surface area contributed by atoms with Crippen molar-refractivity contribution >= 4 is 5.69 Å². The Kier molecular flexibility index (Phi) is 3.83. The van der Waals surface area contributed by atoms with E-state index in [-0.39, 0.29) is 0 Å². The van der Waals surface area contributed by atoms with Crippen molar-refractivity contribution in [1.82, 2.24) is 0 Å². The summed E-state index contributed by atoms with van der Waals surface area (Å²) in [5.41, 5.74) is 8.09. The maximum atomic E-state index is 5.59. The highest BCUT2D eigenvalue weighted by molar-refractivity contribution is 5.46. The van der Waals surface area contributed by atoms with Gasteiger partial charge in [-0.15, -0.1) is 0 Å². The summed E-state index contributed by atoms with van der Waals surface area (Å²) in [7, 11) is 2.18. The van der Waals surface area contributed by atoms with Gasteiger partial charge in [-0.25, -0.2) is 0 Å². The second-order valence-electron chi connectivity index (χ2n) is 4.88. The van der Waals surface area contributed by atoms with E-state index in [1.54, 1.807) is 0 Å². The number of benzene rings is 1. The minimum absolute atomic E-state index is 0.631. The van der Waals surface area contributed by atoms with Gasteiger partial charge in [0.15, 0.2) is 0 Å². The van der Waals surface area contributed by atoms with Gasteiger partial charge >= 0.3 is 0 Å². The van der Waals surface area contributed by atoms with Crippen LogP contribution in [-0.2, 0) is 6.54 Å². The standard InChI is InChI=1S/C14H22N2/c1-16(10-9-12-3-2-4-12)14-7-5-13(11-15)6-8-14/h5-8,12H,2-4,9-11,15H2,1H3. The SMILES string of the molecule is CN(CCC1CCC1)c1ccc(CN)cc1. The van der Waals surface area contributed by atoms with E-state index < -0.39 is 0 Å². The molecular formula is C14H22N2. The van der Waals surface area contributed by atoms with Crippen LogP contribution in [0.25, 0.3) is 0 Å². The molecule has 0 heterocycles. The van der Waals surface area contributed by atoms with Crippen LogP contribution in [0.2, 0.25) is 0 Å². The highest BCUT2D eigenvalue weighted by Gasteiger charge is 2.17. The van der Waals surface area contributed by atoms with Crippen LogP contribution >= 0.6 is 0 Å². The van der Waals surface area contributed by atoms with E-state index in [1.807, 2.05) is 0 Å². The minimum Gasteiger partial charge on any atom is -0.375 e. The smallest absolute Gasteiger partial charge is 0.0363 e. The summed E-state index contributed by atoms with van der Waals surface area (Å²) in [4.78, 5) is 2.35. The number of hydrogen-bond donors (Lipinski definition) is 1. The molecule has 0 spiro atoms. The Morgan fingerprint density at radius 3 is 2.44 bits per heavy atom. The molecule has 2 rings (SSSR count). The molecule has 0 bridgehead atoms. The number of nitrogens with zero attached hydrogens (tertiary/aromatic N) is 1. The van der Waals surface area contributed by atoms with E-state index in [4.69, 9.17) is 5.73 Å². The van der Waals surface area contributed by atoms with Crippen molar-refractivity contribution < 1.29 is 0 Å². The van der Waals surface area contributed by atoms with Crippen molar-refractivity contribution in [3.63, 3.8) is 0 Å². The van der Waals surface area contributed by atoms with Gasteiger partial charge in [-0.2, -0.15) is 0 Å². The fourth-order valence-electron chi connectivity index (χ4n) is 2.17. The summed E-state index contributed by atoms with van der Waals surface area (Å²) >= 11 is 0. The van der Waals surface area contributed by atoms with Crippen LogP contribution < -0.4 is 10.6 Å². The second-order valence-corrected chi connectivity index (χ2v) is 4.88. The second kappa shape index (κ2) is 5.35. The molecule has 0 radical (unpaired) electrons. The maximum absolute atomic E-state index is 5.59. The first-order chi connectivity index (χ1) is 7.79. The van der Waals surface area contributed by atoms with Crippen LogP contribution in [0.5, 0.6) is 0 Å². The topological polar surface area (TPSA) is 29.3 Å². The van der Waals surface area contributed by atoms with Crippen LogP contribution in [0, 0.1) is 5.92 Å². The number of rotatable bonds is 5. The van der Waals surface area contributed by atoms with Crippen molar-refractivity contribution in [3.05, 3.63) is 29.8 Å². The highest BCUT2D eigenvalue weighted by Crippen LogP contribution is 2.29. The first kappa shape index (κ1) is 11.5. The Hall–Kier alpha value is -1.02. The molecule has 1 saturated carbocycles. The van der Waals surface area contributed by atoms with Crippen molar-refractivity contribution in [2.24, 2.45) is 11.7 Å².